The molecule has 14 heteroatoms. The first-order valence-electron chi connectivity index (χ1n) is 15.4. The molecule has 8 aliphatic rings. The SMILES string of the molecule is CC(C)[C@]12O[C@H]1[C@@H]1O[C@]13[C@]1(O[C@H]1C[C@H]1C4=C(CC[C@@]13C)C(=O)OC4)[C@@H]2OC(=O)CCC(=O)OC1O[C@@H](CO)[C@H](O)[C@@H](O)[C@H]1F. The number of cyclic esters (lactones) is 1. The summed E-state index contributed by atoms with van der Waals surface area (Å²) in [6, 6.07) is 0. The molecule has 4 saturated heterocycles. The topological polar surface area (TPSA) is 186 Å². The normalized spacial score (nSPS) is 52.4. The first-order valence-corrected chi connectivity index (χ1v) is 15.4. The summed E-state index contributed by atoms with van der Waals surface area (Å²) in [5.41, 5.74) is -1.16. The zero-order valence-corrected chi connectivity index (χ0v) is 24.6. The predicted molar refractivity (Wildman–Crippen MR) is 139 cm³/mol. The minimum atomic E-state index is -2.25. The van der Waals surface area contributed by atoms with E-state index in [-0.39, 0.29) is 49.1 Å². The van der Waals surface area contributed by atoms with Crippen LogP contribution in [0.2, 0.25) is 0 Å². The van der Waals surface area contributed by atoms with E-state index in [2.05, 4.69) is 6.92 Å². The van der Waals surface area contributed by atoms with Crippen LogP contribution in [0.4, 0.5) is 4.39 Å². The molecule has 44 heavy (non-hydrogen) atoms. The molecular formula is C30H37FO13. The number of alkyl halides is 1. The number of rotatable bonds is 7. The lowest BCUT2D eigenvalue weighted by molar-refractivity contribution is -0.278. The average Bonchev–Trinajstić information content (AvgIpc) is 3.90. The van der Waals surface area contributed by atoms with E-state index >= 15 is 0 Å². The smallest absolute Gasteiger partial charge is 0.334 e. The number of carbonyl (C=O) groups is 3. The van der Waals surface area contributed by atoms with Crippen molar-refractivity contribution in [1.82, 2.24) is 0 Å². The summed E-state index contributed by atoms with van der Waals surface area (Å²) in [5, 5.41) is 29.0. The fourth-order valence-electron chi connectivity index (χ4n) is 9.57. The number of esters is 3. The molecule has 2 saturated carbocycles. The summed E-state index contributed by atoms with van der Waals surface area (Å²) in [6.45, 7) is 5.71. The van der Waals surface area contributed by atoms with Crippen molar-refractivity contribution in [2.24, 2.45) is 17.3 Å². The quantitative estimate of drug-likeness (QED) is 0.192. The summed E-state index contributed by atoms with van der Waals surface area (Å²) in [5.74, 6) is -1.95. The highest BCUT2D eigenvalue weighted by Gasteiger charge is 3.01. The van der Waals surface area contributed by atoms with Gasteiger partial charge in [0.2, 0.25) is 6.29 Å². The summed E-state index contributed by atoms with van der Waals surface area (Å²) in [4.78, 5) is 38.3. The van der Waals surface area contributed by atoms with Crippen molar-refractivity contribution in [2.75, 3.05) is 13.2 Å². The first kappa shape index (κ1) is 29.2. The Labute approximate surface area is 251 Å². The van der Waals surface area contributed by atoms with E-state index in [0.29, 0.717) is 19.3 Å². The van der Waals surface area contributed by atoms with Gasteiger partial charge in [0, 0.05) is 11.0 Å². The number of ether oxygens (including phenoxy) is 7. The lowest BCUT2D eigenvalue weighted by atomic mass is 9.46. The summed E-state index contributed by atoms with van der Waals surface area (Å²) >= 11 is 0. The van der Waals surface area contributed by atoms with Crippen molar-refractivity contribution in [1.29, 1.82) is 0 Å². The molecule has 8 rings (SSSR count). The van der Waals surface area contributed by atoms with Gasteiger partial charge in [0.15, 0.2) is 17.9 Å². The molecule has 0 aromatic rings. The molecule has 0 radical (unpaired) electrons. The monoisotopic (exact) mass is 624 g/mol. The Balaban J connectivity index is 1.00. The van der Waals surface area contributed by atoms with Crippen LogP contribution in [0, 0.1) is 17.3 Å². The van der Waals surface area contributed by atoms with Crippen LogP contribution in [0.1, 0.15) is 52.9 Å². The van der Waals surface area contributed by atoms with E-state index in [9.17, 15) is 34.1 Å². The number of hydrogen-bond acceptors (Lipinski definition) is 13. The third kappa shape index (κ3) is 3.40. The lowest BCUT2D eigenvalue weighted by Gasteiger charge is -2.53. The van der Waals surface area contributed by atoms with Crippen LogP contribution in [0.3, 0.4) is 0 Å². The van der Waals surface area contributed by atoms with Crippen molar-refractivity contribution in [2.45, 2.75) is 125 Å². The van der Waals surface area contributed by atoms with Gasteiger partial charge in [0.25, 0.3) is 0 Å². The molecule has 0 aromatic carbocycles. The molecule has 3 aliphatic carbocycles. The Bertz CT molecular complexity index is 1350. The number of epoxide rings is 3. The van der Waals surface area contributed by atoms with Gasteiger partial charge in [-0.2, -0.15) is 0 Å². The Kier molecular flexibility index (Phi) is 6.11. The zero-order chi connectivity index (χ0) is 31.1. The van der Waals surface area contributed by atoms with Gasteiger partial charge < -0.3 is 48.5 Å². The third-order valence-electron chi connectivity index (χ3n) is 11.9. The minimum Gasteiger partial charge on any atom is -0.458 e. The van der Waals surface area contributed by atoms with E-state index in [4.69, 9.17) is 33.2 Å². The molecular weight excluding hydrogens is 587 g/mol. The Morgan fingerprint density at radius 1 is 1.07 bits per heavy atom. The number of aliphatic hydroxyl groups is 3. The van der Waals surface area contributed by atoms with Crippen LogP contribution in [0.25, 0.3) is 0 Å². The predicted octanol–water partition coefficient (Wildman–Crippen LogP) is -0.245. The second kappa shape index (κ2) is 9.20. The minimum absolute atomic E-state index is 0.0196. The molecule has 2 spiro atoms. The van der Waals surface area contributed by atoms with Crippen LogP contribution < -0.4 is 0 Å². The number of carbonyl (C=O) groups excluding carboxylic acids is 3. The highest BCUT2D eigenvalue weighted by atomic mass is 19.1. The maximum atomic E-state index is 14.5. The highest BCUT2D eigenvalue weighted by molar-refractivity contribution is 5.92. The van der Waals surface area contributed by atoms with Gasteiger partial charge in [-0.15, -0.1) is 0 Å². The van der Waals surface area contributed by atoms with Gasteiger partial charge >= 0.3 is 17.9 Å². The van der Waals surface area contributed by atoms with E-state index in [1.807, 2.05) is 13.8 Å². The van der Waals surface area contributed by atoms with Gasteiger partial charge in [0.1, 0.15) is 48.3 Å². The van der Waals surface area contributed by atoms with E-state index in [1.54, 1.807) is 0 Å². The Hall–Kier alpha value is -2.20. The molecule has 242 valence electrons. The second-order valence-electron chi connectivity index (χ2n) is 14.0. The molecule has 0 aromatic heterocycles. The van der Waals surface area contributed by atoms with Gasteiger partial charge in [-0.3, -0.25) is 9.59 Å². The van der Waals surface area contributed by atoms with Crippen molar-refractivity contribution < 1.29 is 67.3 Å². The lowest BCUT2D eigenvalue weighted by Crippen LogP contribution is -2.70. The molecule has 6 fully saturated rings. The second-order valence-corrected chi connectivity index (χ2v) is 14.0. The van der Waals surface area contributed by atoms with Gasteiger partial charge in [-0.25, -0.2) is 9.18 Å². The molecule has 5 aliphatic heterocycles. The molecule has 0 amide bonds. The summed E-state index contributed by atoms with van der Waals surface area (Å²) in [6.07, 6.45) is -9.67. The fraction of sp³-hybridized carbons (Fsp3) is 0.833. The maximum absolute atomic E-state index is 14.5. The number of hydrogen-bond donors (Lipinski definition) is 3. The average molecular weight is 625 g/mol. The highest BCUT2D eigenvalue weighted by Crippen LogP contribution is 2.83. The fourth-order valence-corrected chi connectivity index (χ4v) is 9.57. The molecule has 5 heterocycles. The van der Waals surface area contributed by atoms with Crippen LogP contribution >= 0.6 is 0 Å². The molecule has 14 atom stereocenters. The third-order valence-corrected chi connectivity index (χ3v) is 11.9. The molecule has 3 N–H and O–H groups in total. The molecule has 0 bridgehead atoms. The van der Waals surface area contributed by atoms with E-state index in [0.717, 1.165) is 11.1 Å². The summed E-state index contributed by atoms with van der Waals surface area (Å²) < 4.78 is 55.8. The van der Waals surface area contributed by atoms with E-state index in [1.165, 1.54) is 0 Å². The van der Waals surface area contributed by atoms with Crippen LogP contribution in [0.5, 0.6) is 0 Å². The Morgan fingerprint density at radius 3 is 2.50 bits per heavy atom. The van der Waals surface area contributed by atoms with Crippen molar-refractivity contribution in [3.05, 3.63) is 11.1 Å². The standard InChI is InChI=1S/C30H37FO13/c1-11(2)28-22(43-28)23-30(44-23)27(3)7-6-12-13(10-38-24(12)37)14(27)8-16-29(30,42-16)26(28)41-18(34)5-4-17(33)40-25-19(31)21(36)20(35)15(9-32)39-25/h11,14-16,19-23,25-26,32,35-36H,4-10H2,1-3H3/t14-,15-,16-,19+,20-,21-,22-,23-,25?,26+,27-,28-,29+,30+/m0/s1. The number of fused-ring (bicyclic) bond motifs is 4. The van der Waals surface area contributed by atoms with Gasteiger partial charge in [0.05, 0.1) is 25.6 Å². The van der Waals surface area contributed by atoms with Crippen molar-refractivity contribution >= 4 is 17.9 Å². The van der Waals surface area contributed by atoms with Crippen molar-refractivity contribution in [3.8, 4) is 0 Å². The van der Waals surface area contributed by atoms with Crippen LogP contribution in [-0.4, -0.2) is 118 Å². The molecule has 1 unspecified atom stereocenters. The van der Waals surface area contributed by atoms with Gasteiger partial charge in [-0.1, -0.05) is 20.8 Å². The first-order chi connectivity index (χ1) is 20.9. The summed E-state index contributed by atoms with van der Waals surface area (Å²) in [7, 11) is 0. The number of halogens is 1. The van der Waals surface area contributed by atoms with E-state index < -0.39 is 84.1 Å². The Morgan fingerprint density at radius 2 is 1.80 bits per heavy atom. The maximum Gasteiger partial charge on any atom is 0.334 e. The largest absolute Gasteiger partial charge is 0.458 e. The van der Waals surface area contributed by atoms with Crippen molar-refractivity contribution in [3.63, 3.8) is 0 Å². The number of aliphatic hydroxyl groups excluding tert-OH is 3. The van der Waals surface area contributed by atoms with Crippen LogP contribution in [0.15, 0.2) is 11.1 Å². The zero-order valence-electron chi connectivity index (χ0n) is 24.6. The van der Waals surface area contributed by atoms with Crippen LogP contribution in [-0.2, 0) is 47.5 Å². The molecule has 13 nitrogen and oxygen atoms in total. The van der Waals surface area contributed by atoms with Gasteiger partial charge in [-0.05, 0) is 36.7 Å².